The van der Waals surface area contributed by atoms with E-state index in [2.05, 4.69) is 26.7 Å². The Morgan fingerprint density at radius 2 is 2.11 bits per heavy atom. The Morgan fingerprint density at radius 1 is 1.33 bits per heavy atom. The van der Waals surface area contributed by atoms with E-state index in [0.29, 0.717) is 6.04 Å². The van der Waals surface area contributed by atoms with Crippen LogP contribution < -0.4 is 16.3 Å². The number of rotatable bonds is 5. The number of nitrogens with one attached hydrogen (secondary N) is 4. The van der Waals surface area contributed by atoms with Gasteiger partial charge in [0.25, 0.3) is 0 Å². The Labute approximate surface area is 105 Å². The molecule has 1 saturated carbocycles. The highest BCUT2D eigenvalue weighted by atomic mass is 16.1. The van der Waals surface area contributed by atoms with Gasteiger partial charge in [-0.1, -0.05) is 6.07 Å². The van der Waals surface area contributed by atoms with Gasteiger partial charge in [0.15, 0.2) is 0 Å². The number of fused-ring (bicyclic) bond motifs is 1. The van der Waals surface area contributed by atoms with Crippen LogP contribution >= 0.6 is 0 Å². The van der Waals surface area contributed by atoms with E-state index in [1.807, 2.05) is 19.2 Å². The summed E-state index contributed by atoms with van der Waals surface area (Å²) in [6.07, 6.45) is 2.58. The third-order valence-electron chi connectivity index (χ3n) is 3.48. The number of hydrogen-bond donors (Lipinski definition) is 4. The van der Waals surface area contributed by atoms with Gasteiger partial charge in [0, 0.05) is 18.6 Å². The van der Waals surface area contributed by atoms with Gasteiger partial charge in [-0.2, -0.15) is 0 Å². The number of aromatic amines is 2. The second-order valence-corrected chi connectivity index (χ2v) is 4.91. The Morgan fingerprint density at radius 3 is 2.83 bits per heavy atom. The summed E-state index contributed by atoms with van der Waals surface area (Å²) in [5.74, 6) is 0. The molecule has 4 N–H and O–H groups in total. The Bertz CT molecular complexity index is 596. The molecule has 1 unspecified atom stereocenters. The number of hydrogen-bond acceptors (Lipinski definition) is 3. The monoisotopic (exact) mass is 246 g/mol. The molecule has 0 spiro atoms. The van der Waals surface area contributed by atoms with Crippen molar-refractivity contribution in [2.75, 3.05) is 13.6 Å². The van der Waals surface area contributed by atoms with Crippen LogP contribution in [-0.4, -0.2) is 29.6 Å². The van der Waals surface area contributed by atoms with Crippen molar-refractivity contribution in [3.05, 3.63) is 34.2 Å². The lowest BCUT2D eigenvalue weighted by molar-refractivity contribution is 0.526. The van der Waals surface area contributed by atoms with Crippen LogP contribution in [0.2, 0.25) is 0 Å². The van der Waals surface area contributed by atoms with Crippen molar-refractivity contribution in [2.24, 2.45) is 0 Å². The summed E-state index contributed by atoms with van der Waals surface area (Å²) >= 11 is 0. The van der Waals surface area contributed by atoms with Crippen molar-refractivity contribution in [3.8, 4) is 0 Å². The second-order valence-electron chi connectivity index (χ2n) is 4.91. The van der Waals surface area contributed by atoms with E-state index in [-0.39, 0.29) is 11.7 Å². The molecule has 1 fully saturated rings. The van der Waals surface area contributed by atoms with Crippen LogP contribution in [0, 0.1) is 0 Å². The lowest BCUT2D eigenvalue weighted by Crippen LogP contribution is -2.30. The highest BCUT2D eigenvalue weighted by Crippen LogP contribution is 2.21. The Hall–Kier alpha value is -1.59. The second kappa shape index (κ2) is 4.59. The van der Waals surface area contributed by atoms with Gasteiger partial charge < -0.3 is 20.6 Å². The predicted molar refractivity (Wildman–Crippen MR) is 71.7 cm³/mol. The maximum atomic E-state index is 11.2. The van der Waals surface area contributed by atoms with Crippen molar-refractivity contribution in [2.45, 2.75) is 24.9 Å². The average molecular weight is 246 g/mol. The molecule has 1 aliphatic carbocycles. The molecule has 18 heavy (non-hydrogen) atoms. The maximum absolute atomic E-state index is 11.2. The van der Waals surface area contributed by atoms with E-state index < -0.39 is 0 Å². The van der Waals surface area contributed by atoms with Gasteiger partial charge in [0.05, 0.1) is 11.0 Å². The van der Waals surface area contributed by atoms with E-state index in [0.717, 1.165) is 17.6 Å². The van der Waals surface area contributed by atoms with Crippen LogP contribution in [0.5, 0.6) is 0 Å². The molecule has 3 rings (SSSR count). The van der Waals surface area contributed by atoms with Gasteiger partial charge in [-0.25, -0.2) is 4.79 Å². The summed E-state index contributed by atoms with van der Waals surface area (Å²) < 4.78 is 0. The van der Waals surface area contributed by atoms with E-state index >= 15 is 0 Å². The molecule has 5 heteroatoms. The molecule has 2 aromatic rings. The molecule has 96 valence electrons. The van der Waals surface area contributed by atoms with Crippen LogP contribution in [0.15, 0.2) is 23.0 Å². The largest absolute Gasteiger partial charge is 0.323 e. The number of benzene rings is 1. The first-order valence-corrected chi connectivity index (χ1v) is 6.39. The lowest BCUT2D eigenvalue weighted by Gasteiger charge is -2.17. The normalized spacial score (nSPS) is 17.2. The third-order valence-corrected chi connectivity index (χ3v) is 3.48. The van der Waals surface area contributed by atoms with Crippen molar-refractivity contribution >= 4 is 11.0 Å². The molecular formula is C13H18N4O. The predicted octanol–water partition coefficient (Wildman–Crippen LogP) is 0.869. The number of likely N-dealkylation sites (N-methyl/N-ethyl adjacent to an activating group) is 1. The van der Waals surface area contributed by atoms with E-state index in [4.69, 9.17) is 0 Å². The molecule has 0 bridgehead atoms. The molecule has 0 amide bonds. The zero-order chi connectivity index (χ0) is 12.5. The zero-order valence-corrected chi connectivity index (χ0v) is 10.4. The molecule has 1 aliphatic rings. The Balaban J connectivity index is 1.83. The van der Waals surface area contributed by atoms with Gasteiger partial charge in [-0.15, -0.1) is 0 Å². The van der Waals surface area contributed by atoms with E-state index in [1.54, 1.807) is 0 Å². The lowest BCUT2D eigenvalue weighted by atomic mass is 10.1. The fraction of sp³-hybridized carbons (Fsp3) is 0.462. The zero-order valence-electron chi connectivity index (χ0n) is 10.4. The van der Waals surface area contributed by atoms with E-state index in [9.17, 15) is 4.79 Å². The van der Waals surface area contributed by atoms with Gasteiger partial charge in [0.2, 0.25) is 0 Å². The molecular weight excluding hydrogens is 228 g/mol. The summed E-state index contributed by atoms with van der Waals surface area (Å²) in [5.41, 5.74) is 2.76. The average Bonchev–Trinajstić information content (AvgIpc) is 3.10. The molecule has 0 radical (unpaired) electrons. The van der Waals surface area contributed by atoms with Gasteiger partial charge in [-0.3, -0.25) is 0 Å². The van der Waals surface area contributed by atoms with Crippen LogP contribution in [0.1, 0.15) is 24.4 Å². The molecule has 1 atom stereocenters. The number of aromatic nitrogens is 2. The van der Waals surface area contributed by atoms with Crippen LogP contribution in [0.3, 0.4) is 0 Å². The van der Waals surface area contributed by atoms with Crippen LogP contribution in [-0.2, 0) is 0 Å². The van der Waals surface area contributed by atoms with Gasteiger partial charge >= 0.3 is 5.69 Å². The van der Waals surface area contributed by atoms with Crippen molar-refractivity contribution in [3.63, 3.8) is 0 Å². The fourth-order valence-electron chi connectivity index (χ4n) is 2.23. The first-order chi connectivity index (χ1) is 8.76. The van der Waals surface area contributed by atoms with Crippen molar-refractivity contribution in [1.29, 1.82) is 0 Å². The van der Waals surface area contributed by atoms with Crippen LogP contribution in [0.4, 0.5) is 0 Å². The minimum absolute atomic E-state index is 0.153. The molecule has 0 aliphatic heterocycles. The van der Waals surface area contributed by atoms with Crippen molar-refractivity contribution < 1.29 is 0 Å². The Kier molecular flexibility index (Phi) is 2.93. The molecule has 1 heterocycles. The SMILES string of the molecule is CNC(CNC1CC1)c1ccc2[nH]c(=O)[nH]c2c1. The standard InChI is InChI=1S/C13H18N4O/c1-14-12(7-15-9-3-4-9)8-2-5-10-11(6-8)17-13(18)16-10/h2,5-6,9,12,14-15H,3-4,7H2,1H3,(H2,16,17,18). The highest BCUT2D eigenvalue weighted by molar-refractivity contribution is 5.75. The first kappa shape index (κ1) is 11.5. The summed E-state index contributed by atoms with van der Waals surface area (Å²) in [6, 6.07) is 7.01. The molecule has 1 aromatic carbocycles. The molecule has 5 nitrogen and oxygen atoms in total. The number of imidazole rings is 1. The summed E-state index contributed by atoms with van der Waals surface area (Å²) in [6.45, 7) is 0.918. The highest BCUT2D eigenvalue weighted by Gasteiger charge is 2.22. The summed E-state index contributed by atoms with van der Waals surface area (Å²) in [4.78, 5) is 16.8. The quantitative estimate of drug-likeness (QED) is 0.632. The third kappa shape index (κ3) is 2.32. The minimum atomic E-state index is -0.153. The van der Waals surface area contributed by atoms with Crippen LogP contribution in [0.25, 0.3) is 11.0 Å². The summed E-state index contributed by atoms with van der Waals surface area (Å²) in [7, 11) is 1.96. The fourth-order valence-corrected chi connectivity index (χ4v) is 2.23. The number of H-pyrrole nitrogens is 2. The molecule has 1 aromatic heterocycles. The minimum Gasteiger partial charge on any atom is -0.312 e. The van der Waals surface area contributed by atoms with Gasteiger partial charge in [0.1, 0.15) is 0 Å². The van der Waals surface area contributed by atoms with Crippen molar-refractivity contribution in [1.82, 2.24) is 20.6 Å². The summed E-state index contributed by atoms with van der Waals surface area (Å²) in [5, 5.41) is 6.83. The van der Waals surface area contributed by atoms with Gasteiger partial charge in [-0.05, 0) is 37.6 Å². The van der Waals surface area contributed by atoms with E-state index in [1.165, 1.54) is 18.4 Å². The topological polar surface area (TPSA) is 72.7 Å². The molecule has 0 saturated heterocycles. The first-order valence-electron chi connectivity index (χ1n) is 6.39. The smallest absolute Gasteiger partial charge is 0.312 e. The maximum Gasteiger partial charge on any atom is 0.323 e.